The Morgan fingerprint density at radius 1 is 1.37 bits per heavy atom. The molecule has 0 bridgehead atoms. The third-order valence-electron chi connectivity index (χ3n) is 2.86. The summed E-state index contributed by atoms with van der Waals surface area (Å²) >= 11 is 5.74. The van der Waals surface area contributed by atoms with Gasteiger partial charge in [0.25, 0.3) is 5.56 Å². The summed E-state index contributed by atoms with van der Waals surface area (Å²) < 4.78 is 8.96. The van der Waals surface area contributed by atoms with E-state index in [1.807, 2.05) is 31.3 Å². The van der Waals surface area contributed by atoms with Gasteiger partial charge in [-0.1, -0.05) is 15.9 Å². The molecule has 0 saturated carbocycles. The molecule has 1 heterocycles. The van der Waals surface area contributed by atoms with Crippen LogP contribution in [0.25, 0.3) is 0 Å². The highest BCUT2D eigenvalue weighted by Crippen LogP contribution is 2.23. The normalized spacial score (nSPS) is 10.5. The van der Waals surface area contributed by atoms with Crippen LogP contribution in [-0.2, 0) is 6.54 Å². The van der Waals surface area contributed by atoms with E-state index in [-0.39, 0.29) is 5.56 Å². The SMILES string of the molecule is COc1ccc(Br)c(Cn2cc(I)c(C)cc2=O)c1. The number of methoxy groups -OCH3 is 1. The number of aryl methyl sites for hydroxylation is 1. The molecule has 1 aromatic carbocycles. The molecule has 5 heteroatoms. The summed E-state index contributed by atoms with van der Waals surface area (Å²) in [5.74, 6) is 0.785. The van der Waals surface area contributed by atoms with Crippen molar-refractivity contribution in [1.29, 1.82) is 0 Å². The van der Waals surface area contributed by atoms with Crippen LogP contribution in [0, 0.1) is 10.5 Å². The van der Waals surface area contributed by atoms with Crippen molar-refractivity contribution in [3.8, 4) is 5.75 Å². The smallest absolute Gasteiger partial charge is 0.251 e. The molecule has 3 nitrogen and oxygen atoms in total. The molecule has 0 N–H and O–H groups in total. The van der Waals surface area contributed by atoms with Crippen molar-refractivity contribution in [3.05, 3.63) is 60.0 Å². The molecule has 0 saturated heterocycles. The molecule has 0 spiro atoms. The second kappa shape index (κ2) is 6.09. The molecule has 19 heavy (non-hydrogen) atoms. The quantitative estimate of drug-likeness (QED) is 0.693. The van der Waals surface area contributed by atoms with Gasteiger partial charge < -0.3 is 9.30 Å². The van der Waals surface area contributed by atoms with Crippen LogP contribution in [0.4, 0.5) is 0 Å². The van der Waals surface area contributed by atoms with Gasteiger partial charge in [0.1, 0.15) is 5.75 Å². The van der Waals surface area contributed by atoms with Crippen molar-refractivity contribution in [2.45, 2.75) is 13.5 Å². The molecule has 2 aromatic rings. The van der Waals surface area contributed by atoms with E-state index in [9.17, 15) is 4.79 Å². The van der Waals surface area contributed by atoms with Crippen LogP contribution in [0.15, 0.2) is 39.7 Å². The number of hydrogen-bond donors (Lipinski definition) is 0. The first-order valence-electron chi connectivity index (χ1n) is 5.70. The molecule has 0 radical (unpaired) electrons. The highest BCUT2D eigenvalue weighted by molar-refractivity contribution is 14.1. The summed E-state index contributed by atoms with van der Waals surface area (Å²) in [6.45, 7) is 2.46. The highest BCUT2D eigenvalue weighted by atomic mass is 127. The first-order valence-corrected chi connectivity index (χ1v) is 7.57. The zero-order chi connectivity index (χ0) is 14.0. The van der Waals surface area contributed by atoms with E-state index in [2.05, 4.69) is 38.5 Å². The summed E-state index contributed by atoms with van der Waals surface area (Å²) in [4.78, 5) is 12.0. The Balaban J connectivity index is 2.41. The summed E-state index contributed by atoms with van der Waals surface area (Å²) in [5, 5.41) is 0. The summed E-state index contributed by atoms with van der Waals surface area (Å²) in [6.07, 6.45) is 1.88. The van der Waals surface area contributed by atoms with Crippen LogP contribution >= 0.6 is 38.5 Å². The predicted octanol–water partition coefficient (Wildman–Crippen LogP) is 3.58. The van der Waals surface area contributed by atoms with Crippen molar-refractivity contribution in [2.75, 3.05) is 7.11 Å². The van der Waals surface area contributed by atoms with E-state index in [0.29, 0.717) is 6.54 Å². The van der Waals surface area contributed by atoms with Gasteiger partial charge in [0, 0.05) is 20.3 Å². The largest absolute Gasteiger partial charge is 0.497 e. The van der Waals surface area contributed by atoms with Gasteiger partial charge in [-0.25, -0.2) is 0 Å². The minimum atomic E-state index is 0.00707. The first-order chi connectivity index (χ1) is 9.01. The maximum atomic E-state index is 12.0. The Morgan fingerprint density at radius 3 is 2.79 bits per heavy atom. The number of hydrogen-bond acceptors (Lipinski definition) is 2. The molecule has 0 atom stereocenters. The molecule has 0 unspecified atom stereocenters. The molecule has 2 rings (SSSR count). The Kier molecular flexibility index (Phi) is 4.67. The van der Waals surface area contributed by atoms with E-state index in [0.717, 1.165) is 24.9 Å². The molecule has 0 aliphatic heterocycles. The molecule has 1 aromatic heterocycles. The summed E-state index contributed by atoms with van der Waals surface area (Å²) in [5.41, 5.74) is 2.03. The second-order valence-corrected chi connectivity index (χ2v) is 6.24. The van der Waals surface area contributed by atoms with Gasteiger partial charge >= 0.3 is 0 Å². The number of nitrogens with zero attached hydrogens (tertiary/aromatic N) is 1. The fourth-order valence-electron chi connectivity index (χ4n) is 1.75. The van der Waals surface area contributed by atoms with Gasteiger partial charge in [0.2, 0.25) is 0 Å². The fourth-order valence-corrected chi connectivity index (χ4v) is 2.61. The van der Waals surface area contributed by atoms with E-state index in [4.69, 9.17) is 4.74 Å². The van der Waals surface area contributed by atoms with E-state index in [1.54, 1.807) is 17.7 Å². The number of halogens is 2. The number of rotatable bonds is 3. The second-order valence-electron chi connectivity index (χ2n) is 4.23. The Hall–Kier alpha value is -0.820. The van der Waals surface area contributed by atoms with Gasteiger partial charge in [-0.15, -0.1) is 0 Å². The predicted molar refractivity (Wildman–Crippen MR) is 88.0 cm³/mol. The maximum absolute atomic E-state index is 12.0. The standard InChI is InChI=1S/C14H13BrINO2/c1-9-5-14(18)17(8-13(9)16)7-10-6-11(19-2)3-4-12(10)15/h3-6,8H,7H2,1-2H3. The van der Waals surface area contributed by atoms with E-state index < -0.39 is 0 Å². The molecule has 0 aliphatic rings. The van der Waals surface area contributed by atoms with E-state index >= 15 is 0 Å². The monoisotopic (exact) mass is 433 g/mol. The Labute approximate surface area is 133 Å². The number of benzene rings is 1. The van der Waals surface area contributed by atoms with Crippen LogP contribution in [0.1, 0.15) is 11.1 Å². The van der Waals surface area contributed by atoms with Crippen LogP contribution in [0.3, 0.4) is 0 Å². The summed E-state index contributed by atoms with van der Waals surface area (Å²) in [6, 6.07) is 7.41. The van der Waals surface area contributed by atoms with Crippen molar-refractivity contribution < 1.29 is 4.74 Å². The van der Waals surface area contributed by atoms with Crippen LogP contribution in [0.2, 0.25) is 0 Å². The van der Waals surface area contributed by atoms with E-state index in [1.165, 1.54) is 0 Å². The Morgan fingerprint density at radius 2 is 2.11 bits per heavy atom. The van der Waals surface area contributed by atoms with Crippen molar-refractivity contribution >= 4 is 38.5 Å². The highest BCUT2D eigenvalue weighted by Gasteiger charge is 2.06. The van der Waals surface area contributed by atoms with Gasteiger partial charge in [-0.2, -0.15) is 0 Å². The topological polar surface area (TPSA) is 31.2 Å². The molecule has 0 amide bonds. The van der Waals surface area contributed by atoms with Gasteiger partial charge in [0.05, 0.1) is 13.7 Å². The fraction of sp³-hybridized carbons (Fsp3) is 0.214. The van der Waals surface area contributed by atoms with Crippen molar-refractivity contribution in [2.24, 2.45) is 0 Å². The molecular formula is C14H13BrINO2. The van der Waals surface area contributed by atoms with Crippen molar-refractivity contribution in [1.82, 2.24) is 4.57 Å². The molecule has 0 fully saturated rings. The number of ether oxygens (including phenoxy) is 1. The average Bonchev–Trinajstić information content (AvgIpc) is 2.38. The number of pyridine rings is 1. The van der Waals surface area contributed by atoms with Crippen LogP contribution in [-0.4, -0.2) is 11.7 Å². The first kappa shape index (κ1) is 14.6. The minimum absolute atomic E-state index is 0.00707. The minimum Gasteiger partial charge on any atom is -0.497 e. The third-order valence-corrected chi connectivity index (χ3v) is 4.77. The van der Waals surface area contributed by atoms with Crippen molar-refractivity contribution in [3.63, 3.8) is 0 Å². The summed E-state index contributed by atoms with van der Waals surface area (Å²) in [7, 11) is 1.63. The van der Waals surface area contributed by atoms with Gasteiger partial charge in [0.15, 0.2) is 0 Å². The Bertz CT molecular complexity index is 667. The molecular weight excluding hydrogens is 421 g/mol. The lowest BCUT2D eigenvalue weighted by Gasteiger charge is -2.11. The lowest BCUT2D eigenvalue weighted by atomic mass is 10.2. The lowest BCUT2D eigenvalue weighted by Crippen LogP contribution is -2.20. The molecule has 100 valence electrons. The van der Waals surface area contributed by atoms with Gasteiger partial charge in [-0.05, 0) is 58.8 Å². The number of aromatic nitrogens is 1. The third kappa shape index (κ3) is 3.39. The lowest BCUT2D eigenvalue weighted by molar-refractivity contribution is 0.414. The zero-order valence-electron chi connectivity index (χ0n) is 10.6. The van der Waals surface area contributed by atoms with Gasteiger partial charge in [-0.3, -0.25) is 4.79 Å². The van der Waals surface area contributed by atoms with Crippen LogP contribution in [0.5, 0.6) is 5.75 Å². The maximum Gasteiger partial charge on any atom is 0.251 e. The average molecular weight is 434 g/mol. The zero-order valence-corrected chi connectivity index (χ0v) is 14.4. The molecule has 0 aliphatic carbocycles. The van der Waals surface area contributed by atoms with Crippen LogP contribution < -0.4 is 10.3 Å².